The zero-order valence-electron chi connectivity index (χ0n) is 11.2. The van der Waals surface area contributed by atoms with E-state index in [9.17, 15) is 13.2 Å². The van der Waals surface area contributed by atoms with E-state index in [4.69, 9.17) is 10.6 Å². The Balaban J connectivity index is 2.15. The molecule has 2 unspecified atom stereocenters. The van der Waals surface area contributed by atoms with Gasteiger partial charge in [-0.3, -0.25) is 11.3 Å². The number of halogens is 3. The largest absolute Gasteiger partial charge is 0.416 e. The summed E-state index contributed by atoms with van der Waals surface area (Å²) in [6, 6.07) is 4.66. The molecule has 0 aliphatic carbocycles. The van der Waals surface area contributed by atoms with Crippen molar-refractivity contribution in [2.45, 2.75) is 18.3 Å². The van der Waals surface area contributed by atoms with Crippen LogP contribution in [-0.4, -0.2) is 37.7 Å². The maximum Gasteiger partial charge on any atom is 0.416 e. The first-order valence-electron chi connectivity index (χ1n) is 6.35. The molecule has 1 aliphatic rings. The van der Waals surface area contributed by atoms with Crippen LogP contribution in [0, 0.1) is 0 Å². The predicted molar refractivity (Wildman–Crippen MR) is 68.7 cm³/mol. The highest BCUT2D eigenvalue weighted by atomic mass is 19.4. The molecule has 1 saturated heterocycles. The summed E-state index contributed by atoms with van der Waals surface area (Å²) >= 11 is 0. The van der Waals surface area contributed by atoms with Crippen molar-refractivity contribution in [1.29, 1.82) is 0 Å². The first kappa shape index (κ1) is 15.2. The number of hydrogen-bond donors (Lipinski definition) is 2. The lowest BCUT2D eigenvalue weighted by molar-refractivity contribution is -0.137. The summed E-state index contributed by atoms with van der Waals surface area (Å²) in [6.07, 6.45) is -4.51. The van der Waals surface area contributed by atoms with Gasteiger partial charge in [0.05, 0.1) is 24.3 Å². The Hall–Kier alpha value is -1.15. The van der Waals surface area contributed by atoms with Crippen LogP contribution >= 0.6 is 0 Å². The van der Waals surface area contributed by atoms with Gasteiger partial charge in [-0.1, -0.05) is 12.1 Å². The molecule has 0 radical (unpaired) electrons. The monoisotopic (exact) mass is 289 g/mol. The first-order valence-corrected chi connectivity index (χ1v) is 6.35. The van der Waals surface area contributed by atoms with Crippen LogP contribution in [-0.2, 0) is 10.9 Å². The van der Waals surface area contributed by atoms with Crippen molar-refractivity contribution in [1.82, 2.24) is 10.3 Å². The molecular weight excluding hydrogens is 271 g/mol. The van der Waals surface area contributed by atoms with Crippen LogP contribution in [0.25, 0.3) is 0 Å². The Labute approximate surface area is 115 Å². The Bertz CT molecular complexity index is 435. The third-order valence-corrected chi connectivity index (χ3v) is 3.45. The second kappa shape index (κ2) is 6.09. The molecule has 112 valence electrons. The molecule has 2 rings (SSSR count). The van der Waals surface area contributed by atoms with Gasteiger partial charge in [0.2, 0.25) is 0 Å². The first-order chi connectivity index (χ1) is 9.41. The smallest absolute Gasteiger partial charge is 0.374 e. The van der Waals surface area contributed by atoms with Gasteiger partial charge in [0, 0.05) is 13.1 Å². The van der Waals surface area contributed by atoms with E-state index >= 15 is 0 Å². The van der Waals surface area contributed by atoms with Crippen LogP contribution < -0.4 is 11.3 Å². The molecule has 1 aromatic rings. The van der Waals surface area contributed by atoms with E-state index in [0.717, 1.165) is 18.7 Å². The molecule has 0 saturated carbocycles. The van der Waals surface area contributed by atoms with Crippen molar-refractivity contribution < 1.29 is 17.9 Å². The third kappa shape index (κ3) is 3.49. The number of morpholine rings is 1. The molecule has 7 heteroatoms. The molecule has 0 aromatic heterocycles. The highest BCUT2D eigenvalue weighted by Gasteiger charge is 2.31. The highest BCUT2D eigenvalue weighted by Crippen LogP contribution is 2.30. The number of nitrogens with one attached hydrogen (secondary N) is 1. The van der Waals surface area contributed by atoms with Gasteiger partial charge in [-0.25, -0.2) is 0 Å². The van der Waals surface area contributed by atoms with E-state index in [1.54, 1.807) is 0 Å². The SMILES string of the molecule is CN1CCOC(C(NN)c2ccc(C(F)(F)F)cc2)C1. The van der Waals surface area contributed by atoms with E-state index in [2.05, 4.69) is 10.3 Å². The van der Waals surface area contributed by atoms with Crippen LogP contribution in [0.2, 0.25) is 0 Å². The fourth-order valence-electron chi connectivity index (χ4n) is 2.31. The molecule has 1 aliphatic heterocycles. The molecule has 0 amide bonds. The maximum absolute atomic E-state index is 12.5. The lowest BCUT2D eigenvalue weighted by Gasteiger charge is -2.35. The van der Waals surface area contributed by atoms with Crippen molar-refractivity contribution in [2.24, 2.45) is 5.84 Å². The van der Waals surface area contributed by atoms with Crippen LogP contribution in [0.1, 0.15) is 17.2 Å². The Morgan fingerprint density at radius 1 is 1.35 bits per heavy atom. The van der Waals surface area contributed by atoms with Gasteiger partial charge in [-0.15, -0.1) is 0 Å². The van der Waals surface area contributed by atoms with Gasteiger partial charge < -0.3 is 9.64 Å². The summed E-state index contributed by atoms with van der Waals surface area (Å²) in [6.45, 7) is 2.09. The van der Waals surface area contributed by atoms with Crippen LogP contribution in [0.3, 0.4) is 0 Å². The van der Waals surface area contributed by atoms with Crippen molar-refractivity contribution in [3.8, 4) is 0 Å². The zero-order valence-corrected chi connectivity index (χ0v) is 11.2. The standard InChI is InChI=1S/C13H18F3N3O/c1-19-6-7-20-11(8-19)12(18-17)9-2-4-10(5-3-9)13(14,15)16/h2-5,11-12,18H,6-8,17H2,1H3. The topological polar surface area (TPSA) is 50.5 Å². The van der Waals surface area contributed by atoms with Gasteiger partial charge in [0.25, 0.3) is 0 Å². The van der Waals surface area contributed by atoms with Gasteiger partial charge >= 0.3 is 6.18 Å². The van der Waals surface area contributed by atoms with E-state index in [1.165, 1.54) is 12.1 Å². The predicted octanol–water partition coefficient (Wildman–Crippen LogP) is 1.54. The third-order valence-electron chi connectivity index (χ3n) is 3.45. The molecule has 3 N–H and O–H groups in total. The number of nitrogens with zero attached hydrogens (tertiary/aromatic N) is 1. The number of hydrogen-bond acceptors (Lipinski definition) is 4. The lowest BCUT2D eigenvalue weighted by atomic mass is 9.99. The van der Waals surface area contributed by atoms with Crippen molar-refractivity contribution in [3.05, 3.63) is 35.4 Å². The minimum Gasteiger partial charge on any atom is -0.374 e. The summed E-state index contributed by atoms with van der Waals surface area (Å²) in [5.41, 5.74) is 2.65. The zero-order chi connectivity index (χ0) is 14.8. The Kier molecular flexibility index (Phi) is 4.64. The van der Waals surface area contributed by atoms with E-state index < -0.39 is 11.7 Å². The molecule has 1 fully saturated rings. The number of benzene rings is 1. The second-order valence-electron chi connectivity index (χ2n) is 4.94. The fourth-order valence-corrected chi connectivity index (χ4v) is 2.31. The normalized spacial score (nSPS) is 22.8. The lowest BCUT2D eigenvalue weighted by Crippen LogP contribution is -2.48. The van der Waals surface area contributed by atoms with Crippen molar-refractivity contribution >= 4 is 0 Å². The number of ether oxygens (including phenoxy) is 1. The summed E-state index contributed by atoms with van der Waals surface area (Å²) < 4.78 is 43.3. The number of alkyl halides is 3. The molecular formula is C13H18F3N3O. The molecule has 2 atom stereocenters. The molecule has 0 spiro atoms. The minimum atomic E-state index is -4.33. The van der Waals surface area contributed by atoms with E-state index in [1.807, 2.05) is 7.05 Å². The van der Waals surface area contributed by atoms with Crippen molar-refractivity contribution in [3.63, 3.8) is 0 Å². The van der Waals surface area contributed by atoms with Gasteiger partial charge in [0.1, 0.15) is 0 Å². The van der Waals surface area contributed by atoms with Crippen LogP contribution in [0.5, 0.6) is 0 Å². The molecule has 0 bridgehead atoms. The molecule has 20 heavy (non-hydrogen) atoms. The molecule has 1 heterocycles. The maximum atomic E-state index is 12.5. The summed E-state index contributed by atoms with van der Waals surface area (Å²) in [5.74, 6) is 5.53. The average Bonchev–Trinajstić information content (AvgIpc) is 2.39. The number of likely N-dealkylation sites (N-methyl/N-ethyl adjacent to an activating group) is 1. The number of nitrogens with two attached hydrogens (primary N) is 1. The second-order valence-corrected chi connectivity index (χ2v) is 4.94. The van der Waals surface area contributed by atoms with E-state index in [-0.39, 0.29) is 12.1 Å². The summed E-state index contributed by atoms with van der Waals surface area (Å²) in [7, 11) is 1.97. The molecule has 4 nitrogen and oxygen atoms in total. The average molecular weight is 289 g/mol. The highest BCUT2D eigenvalue weighted by molar-refractivity contribution is 5.27. The van der Waals surface area contributed by atoms with Gasteiger partial charge in [-0.2, -0.15) is 13.2 Å². The van der Waals surface area contributed by atoms with Gasteiger partial charge in [0.15, 0.2) is 0 Å². The summed E-state index contributed by atoms with van der Waals surface area (Å²) in [5, 5.41) is 0. The quantitative estimate of drug-likeness (QED) is 0.654. The van der Waals surface area contributed by atoms with Gasteiger partial charge in [-0.05, 0) is 24.7 Å². The van der Waals surface area contributed by atoms with Crippen molar-refractivity contribution in [2.75, 3.05) is 26.7 Å². The minimum absolute atomic E-state index is 0.185. The fraction of sp³-hybridized carbons (Fsp3) is 0.538. The molecule has 1 aromatic carbocycles. The summed E-state index contributed by atoms with van der Waals surface area (Å²) in [4.78, 5) is 2.10. The van der Waals surface area contributed by atoms with Crippen LogP contribution in [0.15, 0.2) is 24.3 Å². The van der Waals surface area contributed by atoms with Crippen LogP contribution in [0.4, 0.5) is 13.2 Å². The van der Waals surface area contributed by atoms with E-state index in [0.29, 0.717) is 18.7 Å². The Morgan fingerprint density at radius 3 is 2.50 bits per heavy atom. The number of hydrazine groups is 1. The Morgan fingerprint density at radius 2 is 2.00 bits per heavy atom. The number of rotatable bonds is 3.